The minimum Gasteiger partial charge on any atom is -0.372 e. The number of urea groups is 1. The molecule has 0 unspecified atom stereocenters. The van der Waals surface area contributed by atoms with E-state index in [0.29, 0.717) is 66.0 Å². The van der Waals surface area contributed by atoms with Crippen molar-refractivity contribution in [2.45, 2.75) is 38.8 Å². The quantitative estimate of drug-likeness (QED) is 0.295. The fraction of sp³-hybridized carbons (Fsp3) is 0.394. The van der Waals surface area contributed by atoms with Crippen molar-refractivity contribution < 1.29 is 14.3 Å². The number of likely N-dealkylation sites (tertiary alicyclic amines) is 1. The molecule has 2 N–H and O–H groups in total. The maximum atomic E-state index is 13.0. The van der Waals surface area contributed by atoms with E-state index >= 15 is 0 Å². The van der Waals surface area contributed by atoms with Gasteiger partial charge in [0.05, 0.1) is 41.1 Å². The topological polar surface area (TPSA) is 96.9 Å². The summed E-state index contributed by atoms with van der Waals surface area (Å²) in [5, 5.41) is 5.95. The molecule has 6 rings (SSSR count). The SMILES string of the molecule is NC(=O)N1CCc2c(c(-c3ccc(Cl)c(C#Cc4ccc(Cl)c(C(=O)N5CCCC5)c4)c3)nn2CCCN2CCOCC2=S)C1. The number of amides is 3. The Morgan fingerprint density at radius 3 is 2.56 bits per heavy atom. The van der Waals surface area contributed by atoms with Gasteiger partial charge in [-0.25, -0.2) is 4.79 Å². The highest BCUT2D eigenvalue weighted by atomic mass is 35.5. The first kappa shape index (κ1) is 31.4. The van der Waals surface area contributed by atoms with Gasteiger partial charge in [-0.15, -0.1) is 0 Å². The van der Waals surface area contributed by atoms with Crippen LogP contribution in [0.3, 0.4) is 0 Å². The lowest BCUT2D eigenvalue weighted by molar-refractivity contribution is 0.0793. The summed E-state index contributed by atoms with van der Waals surface area (Å²) >= 11 is 18.5. The molecule has 1 aromatic heterocycles. The monoisotopic (exact) mass is 664 g/mol. The van der Waals surface area contributed by atoms with Crippen molar-refractivity contribution in [3.63, 3.8) is 0 Å². The predicted molar refractivity (Wildman–Crippen MR) is 179 cm³/mol. The van der Waals surface area contributed by atoms with Crippen molar-refractivity contribution in [2.24, 2.45) is 5.73 Å². The van der Waals surface area contributed by atoms with Gasteiger partial charge in [-0.2, -0.15) is 5.10 Å². The second-order valence-electron chi connectivity index (χ2n) is 11.4. The summed E-state index contributed by atoms with van der Waals surface area (Å²) in [4.78, 5) is 31.6. The van der Waals surface area contributed by atoms with Crippen molar-refractivity contribution >= 4 is 52.3 Å². The van der Waals surface area contributed by atoms with Crippen molar-refractivity contribution in [2.75, 3.05) is 45.9 Å². The molecule has 234 valence electrons. The van der Waals surface area contributed by atoms with Crippen molar-refractivity contribution in [3.05, 3.63) is 74.4 Å². The number of ether oxygens (including phenoxy) is 1. The Kier molecular flexibility index (Phi) is 9.61. The van der Waals surface area contributed by atoms with Crippen LogP contribution < -0.4 is 5.73 Å². The predicted octanol–water partition coefficient (Wildman–Crippen LogP) is 4.98. The van der Waals surface area contributed by atoms with Gasteiger partial charge in [-0.3, -0.25) is 9.48 Å². The molecule has 3 aromatic rings. The normalized spacial score (nSPS) is 16.4. The lowest BCUT2D eigenvalue weighted by atomic mass is 9.99. The van der Waals surface area contributed by atoms with E-state index < -0.39 is 6.03 Å². The molecule has 0 atom stereocenters. The van der Waals surface area contributed by atoms with E-state index in [2.05, 4.69) is 21.4 Å². The molecule has 4 heterocycles. The van der Waals surface area contributed by atoms with Crippen LogP contribution in [0.5, 0.6) is 0 Å². The molecule has 0 bridgehead atoms. The number of hydrogen-bond acceptors (Lipinski definition) is 5. The van der Waals surface area contributed by atoms with Gasteiger partial charge in [0.15, 0.2) is 0 Å². The molecule has 45 heavy (non-hydrogen) atoms. The number of nitrogens with zero attached hydrogens (tertiary/aromatic N) is 5. The van der Waals surface area contributed by atoms with Gasteiger partial charge in [0, 0.05) is 73.6 Å². The second kappa shape index (κ2) is 13.8. The zero-order chi connectivity index (χ0) is 31.5. The van der Waals surface area contributed by atoms with E-state index in [1.54, 1.807) is 23.1 Å². The molecule has 3 aliphatic rings. The Morgan fingerprint density at radius 1 is 0.978 bits per heavy atom. The van der Waals surface area contributed by atoms with Crippen LogP contribution in [-0.2, 0) is 24.2 Å². The fourth-order valence-electron chi connectivity index (χ4n) is 6.06. The standard InChI is InChI=1S/C33H34Cl2N6O3S/c34-27-9-7-24(19-23(27)6-4-22-5-8-28(35)25(18-22)32(42)39-11-1-2-12-39)31-26-20-40(33(36)43)15-10-29(26)41(37-31)14-3-13-38-16-17-44-21-30(38)45/h5,7-9,18-19H,1-3,10-17,20-21H2,(H2,36,43). The van der Waals surface area contributed by atoms with Crippen molar-refractivity contribution in [1.82, 2.24) is 24.5 Å². The summed E-state index contributed by atoms with van der Waals surface area (Å²) in [6, 6.07) is 10.5. The summed E-state index contributed by atoms with van der Waals surface area (Å²) in [6.07, 6.45) is 3.54. The third-order valence-electron chi connectivity index (χ3n) is 8.50. The minimum atomic E-state index is -0.451. The zero-order valence-electron chi connectivity index (χ0n) is 24.9. The van der Waals surface area contributed by atoms with E-state index in [4.69, 9.17) is 51.0 Å². The number of aryl methyl sites for hydroxylation is 1. The molecule has 2 saturated heterocycles. The number of fused-ring (bicyclic) bond motifs is 1. The highest BCUT2D eigenvalue weighted by molar-refractivity contribution is 7.80. The van der Waals surface area contributed by atoms with Gasteiger partial charge in [0.2, 0.25) is 0 Å². The van der Waals surface area contributed by atoms with Gasteiger partial charge in [0.25, 0.3) is 5.91 Å². The van der Waals surface area contributed by atoms with E-state index in [9.17, 15) is 9.59 Å². The maximum absolute atomic E-state index is 13.0. The third kappa shape index (κ3) is 6.97. The Bertz CT molecular complexity index is 1710. The van der Waals surface area contributed by atoms with E-state index in [0.717, 1.165) is 72.9 Å². The maximum Gasteiger partial charge on any atom is 0.315 e. The molecule has 0 aliphatic carbocycles. The Balaban J connectivity index is 1.27. The number of primary amides is 1. The molecule has 2 fully saturated rings. The molecule has 0 radical (unpaired) electrons. The Hall–Kier alpha value is -3.62. The molecule has 0 spiro atoms. The summed E-state index contributed by atoms with van der Waals surface area (Å²) < 4.78 is 7.50. The molecular formula is C33H34Cl2N6O3S. The summed E-state index contributed by atoms with van der Waals surface area (Å²) in [5.41, 5.74) is 11.1. The lowest BCUT2D eigenvalue weighted by Crippen LogP contribution is -2.41. The van der Waals surface area contributed by atoms with Gasteiger partial charge >= 0.3 is 6.03 Å². The molecule has 0 saturated carbocycles. The zero-order valence-corrected chi connectivity index (χ0v) is 27.2. The van der Waals surface area contributed by atoms with Crippen LogP contribution >= 0.6 is 35.4 Å². The number of rotatable bonds is 6. The average Bonchev–Trinajstić information content (AvgIpc) is 3.71. The van der Waals surface area contributed by atoms with Crippen LogP contribution in [0.25, 0.3) is 11.3 Å². The number of carbonyl (C=O) groups excluding carboxylic acids is 2. The molecule has 3 aliphatic heterocycles. The second-order valence-corrected chi connectivity index (χ2v) is 12.7. The van der Waals surface area contributed by atoms with Crippen molar-refractivity contribution in [3.8, 4) is 23.1 Å². The van der Waals surface area contributed by atoms with Crippen LogP contribution in [0.4, 0.5) is 4.79 Å². The molecule has 3 amide bonds. The molecule has 12 heteroatoms. The van der Waals surface area contributed by atoms with Gasteiger partial charge < -0.3 is 25.2 Å². The van der Waals surface area contributed by atoms with Crippen LogP contribution in [0.1, 0.15) is 52.0 Å². The van der Waals surface area contributed by atoms with E-state index in [1.807, 2.05) is 23.1 Å². The number of hydrogen-bond donors (Lipinski definition) is 1. The molecular weight excluding hydrogens is 631 g/mol. The fourth-order valence-corrected chi connectivity index (χ4v) is 6.69. The van der Waals surface area contributed by atoms with Crippen LogP contribution in [0.2, 0.25) is 10.0 Å². The number of nitrogens with two attached hydrogens (primary N) is 1. The van der Waals surface area contributed by atoms with Crippen molar-refractivity contribution in [1.29, 1.82) is 0 Å². The number of carbonyl (C=O) groups is 2. The van der Waals surface area contributed by atoms with E-state index in [1.165, 1.54) is 0 Å². The summed E-state index contributed by atoms with van der Waals surface area (Å²) in [5.74, 6) is 6.28. The lowest BCUT2D eigenvalue weighted by Gasteiger charge is -2.29. The van der Waals surface area contributed by atoms with Gasteiger partial charge in [-0.05, 0) is 49.6 Å². The summed E-state index contributed by atoms with van der Waals surface area (Å²) in [6.45, 7) is 5.94. The molecule has 2 aromatic carbocycles. The number of thiocarbonyl (C=S) groups is 1. The van der Waals surface area contributed by atoms with Gasteiger partial charge in [0.1, 0.15) is 4.99 Å². The first-order valence-electron chi connectivity index (χ1n) is 15.2. The van der Waals surface area contributed by atoms with E-state index in [-0.39, 0.29) is 5.91 Å². The van der Waals surface area contributed by atoms with Crippen LogP contribution in [0.15, 0.2) is 36.4 Å². The Labute approximate surface area is 278 Å². The number of aromatic nitrogens is 2. The van der Waals surface area contributed by atoms with Crippen LogP contribution in [-0.4, -0.2) is 87.3 Å². The highest BCUT2D eigenvalue weighted by Gasteiger charge is 2.28. The first-order valence-corrected chi connectivity index (χ1v) is 16.3. The largest absolute Gasteiger partial charge is 0.372 e. The minimum absolute atomic E-state index is 0.0702. The summed E-state index contributed by atoms with van der Waals surface area (Å²) in [7, 11) is 0. The smallest absolute Gasteiger partial charge is 0.315 e. The average molecular weight is 666 g/mol. The first-order chi connectivity index (χ1) is 21.8. The highest BCUT2D eigenvalue weighted by Crippen LogP contribution is 2.32. The number of morpholine rings is 1. The van der Waals surface area contributed by atoms with Crippen LogP contribution in [0, 0.1) is 11.8 Å². The molecule has 9 nitrogen and oxygen atoms in total. The Morgan fingerprint density at radius 2 is 1.78 bits per heavy atom. The number of halogens is 2. The van der Waals surface area contributed by atoms with Gasteiger partial charge in [-0.1, -0.05) is 53.3 Å². The number of benzene rings is 2. The third-order valence-corrected chi connectivity index (χ3v) is 9.53.